The fourth-order valence-electron chi connectivity index (χ4n) is 7.56. The predicted molar refractivity (Wildman–Crippen MR) is 226 cm³/mol. The number of urea groups is 1. The number of benzene rings is 3. The van der Waals surface area contributed by atoms with Gasteiger partial charge in [-0.2, -0.15) is 0 Å². The number of aromatic nitrogens is 1. The highest BCUT2D eigenvalue weighted by molar-refractivity contribution is 5.86. The summed E-state index contributed by atoms with van der Waals surface area (Å²) in [4.78, 5) is 60.7. The van der Waals surface area contributed by atoms with Crippen molar-refractivity contribution in [1.29, 1.82) is 0 Å². The molecule has 5 amide bonds. The molecule has 1 fully saturated rings. The number of rotatable bonds is 18. The molecular formula is C45H59N7O7. The average Bonchev–Trinajstić information content (AvgIpc) is 3.57. The number of hydrogen-bond acceptors (Lipinski definition) is 9. The standard InChI is InChI=1S/C45H59N7O7/c1-8-29(2)39(37-25-47-43(56)52(37)27-32-22-23-46-35-17-13-12-16-34(32)35)41(54)48-36(24-30-14-10-9-11-15-30)38(53)28-51(26-31-18-20-33(58-6)21-19-31)50-42(55)40(45(3,4)5)49-44(57)59-7/h9-23,29,36-40,53H,8,24-28H2,1-7H3,(H,47,56)(H,48,54)(H,49,57)(H,50,55). The van der Waals surface area contributed by atoms with E-state index in [1.165, 1.54) is 7.11 Å². The number of alkyl carbamates (subject to hydrolysis) is 1. The van der Waals surface area contributed by atoms with Crippen LogP contribution in [0.15, 0.2) is 91.1 Å². The van der Waals surface area contributed by atoms with Crippen molar-refractivity contribution in [2.45, 2.75) is 84.8 Å². The number of pyridine rings is 1. The first-order valence-electron chi connectivity index (χ1n) is 20.1. The monoisotopic (exact) mass is 809 g/mol. The molecule has 0 bridgehead atoms. The van der Waals surface area contributed by atoms with E-state index in [1.807, 2.05) is 107 Å². The first kappa shape index (κ1) is 44.4. The molecule has 0 aliphatic carbocycles. The van der Waals surface area contributed by atoms with E-state index >= 15 is 0 Å². The Morgan fingerprint density at radius 1 is 0.949 bits per heavy atom. The summed E-state index contributed by atoms with van der Waals surface area (Å²) in [5, 5.41) is 23.5. The minimum absolute atomic E-state index is 0.0939. The number of nitrogens with zero attached hydrogens (tertiary/aromatic N) is 3. The maximum absolute atomic E-state index is 14.8. The van der Waals surface area contributed by atoms with Gasteiger partial charge in [-0.05, 0) is 58.7 Å². The van der Waals surface area contributed by atoms with Gasteiger partial charge in [-0.25, -0.2) is 14.6 Å². The number of ether oxygens (including phenoxy) is 2. The van der Waals surface area contributed by atoms with Gasteiger partial charge in [0, 0.05) is 37.8 Å². The lowest BCUT2D eigenvalue weighted by Gasteiger charge is -2.36. The lowest BCUT2D eigenvalue weighted by atomic mass is 9.83. The average molecular weight is 810 g/mol. The summed E-state index contributed by atoms with van der Waals surface area (Å²) < 4.78 is 10.2. The van der Waals surface area contributed by atoms with Gasteiger partial charge in [-0.15, -0.1) is 0 Å². The lowest BCUT2D eigenvalue weighted by molar-refractivity contribution is -0.133. The van der Waals surface area contributed by atoms with Crippen LogP contribution < -0.4 is 26.1 Å². The number of amides is 5. The molecule has 1 saturated heterocycles. The van der Waals surface area contributed by atoms with Crippen LogP contribution in [0.4, 0.5) is 9.59 Å². The van der Waals surface area contributed by atoms with Crippen molar-refractivity contribution in [1.82, 2.24) is 36.3 Å². The first-order chi connectivity index (χ1) is 28.2. The molecule has 1 aliphatic rings. The van der Waals surface area contributed by atoms with Crippen LogP contribution >= 0.6 is 0 Å². The number of carbonyl (C=O) groups is 4. The minimum atomic E-state index is -1.19. The largest absolute Gasteiger partial charge is 0.497 e. The fourth-order valence-corrected chi connectivity index (χ4v) is 7.56. The van der Waals surface area contributed by atoms with Gasteiger partial charge in [0.2, 0.25) is 5.91 Å². The summed E-state index contributed by atoms with van der Waals surface area (Å²) in [5.74, 6) is -0.880. The number of nitrogens with one attached hydrogen (secondary N) is 4. The van der Waals surface area contributed by atoms with Gasteiger partial charge >= 0.3 is 12.1 Å². The topological polar surface area (TPSA) is 174 Å². The van der Waals surface area contributed by atoms with E-state index in [9.17, 15) is 24.3 Å². The van der Waals surface area contributed by atoms with Crippen LogP contribution in [0.25, 0.3) is 10.9 Å². The van der Waals surface area contributed by atoms with Gasteiger partial charge in [0.15, 0.2) is 0 Å². The number of methoxy groups -OCH3 is 2. The van der Waals surface area contributed by atoms with E-state index < -0.39 is 47.6 Å². The number of hydrazine groups is 1. The molecule has 14 heteroatoms. The maximum Gasteiger partial charge on any atom is 0.407 e. The van der Waals surface area contributed by atoms with Gasteiger partial charge in [0.05, 0.1) is 43.8 Å². The van der Waals surface area contributed by atoms with E-state index in [0.717, 1.165) is 27.6 Å². The second-order valence-electron chi connectivity index (χ2n) is 16.3. The van der Waals surface area contributed by atoms with Crippen molar-refractivity contribution in [3.63, 3.8) is 0 Å². The third-order valence-corrected chi connectivity index (χ3v) is 11.1. The molecule has 5 N–H and O–H groups in total. The van der Waals surface area contributed by atoms with Crippen molar-refractivity contribution in [2.75, 3.05) is 27.3 Å². The molecule has 316 valence electrons. The molecule has 0 radical (unpaired) electrons. The quantitative estimate of drug-likeness (QED) is 0.0848. The van der Waals surface area contributed by atoms with Crippen molar-refractivity contribution >= 4 is 34.8 Å². The molecule has 59 heavy (non-hydrogen) atoms. The molecule has 6 atom stereocenters. The van der Waals surface area contributed by atoms with Crippen molar-refractivity contribution in [3.05, 3.63) is 108 Å². The Labute approximate surface area is 347 Å². The van der Waals surface area contributed by atoms with Gasteiger partial charge in [-0.3, -0.25) is 20.0 Å². The van der Waals surface area contributed by atoms with Crippen LogP contribution in [0.3, 0.4) is 0 Å². The first-order valence-corrected chi connectivity index (χ1v) is 20.1. The number of aliphatic hydroxyl groups excluding tert-OH is 1. The van der Waals surface area contributed by atoms with Crippen LogP contribution in [0.1, 0.15) is 57.7 Å². The zero-order valence-corrected chi connectivity index (χ0v) is 35.1. The number of para-hydroxylation sites is 1. The highest BCUT2D eigenvalue weighted by Crippen LogP contribution is 2.29. The molecule has 2 heterocycles. The molecule has 0 spiro atoms. The number of aliphatic hydroxyl groups is 1. The van der Waals surface area contributed by atoms with Gasteiger partial charge < -0.3 is 35.4 Å². The van der Waals surface area contributed by atoms with Crippen LogP contribution in [0, 0.1) is 17.3 Å². The molecule has 0 saturated carbocycles. The van der Waals surface area contributed by atoms with Gasteiger partial charge in [0.1, 0.15) is 11.8 Å². The lowest BCUT2D eigenvalue weighted by Crippen LogP contribution is -2.59. The molecule has 1 aromatic heterocycles. The second-order valence-corrected chi connectivity index (χ2v) is 16.3. The van der Waals surface area contributed by atoms with E-state index in [0.29, 0.717) is 12.2 Å². The Morgan fingerprint density at radius 2 is 1.64 bits per heavy atom. The Kier molecular flexibility index (Phi) is 15.3. The molecule has 1 aliphatic heterocycles. The van der Waals surface area contributed by atoms with Gasteiger partial charge in [0.25, 0.3) is 5.91 Å². The van der Waals surface area contributed by atoms with Crippen LogP contribution in [0.5, 0.6) is 5.75 Å². The van der Waals surface area contributed by atoms with E-state index in [1.54, 1.807) is 35.3 Å². The number of hydrogen-bond donors (Lipinski definition) is 5. The smallest absolute Gasteiger partial charge is 0.407 e. The van der Waals surface area contributed by atoms with Crippen molar-refractivity contribution in [3.8, 4) is 5.75 Å². The molecule has 4 aromatic rings. The van der Waals surface area contributed by atoms with E-state index in [2.05, 4.69) is 26.4 Å². The third-order valence-electron chi connectivity index (χ3n) is 11.1. The Balaban J connectivity index is 1.44. The molecule has 5 rings (SSSR count). The highest BCUT2D eigenvalue weighted by atomic mass is 16.5. The summed E-state index contributed by atoms with van der Waals surface area (Å²) in [6.45, 7) is 10.2. The molecule has 3 aromatic carbocycles. The van der Waals surface area contributed by atoms with Crippen LogP contribution in [0.2, 0.25) is 0 Å². The summed E-state index contributed by atoms with van der Waals surface area (Å²) in [6.07, 6.45) is 0.745. The number of carbonyl (C=O) groups excluding carboxylic acids is 4. The molecule has 14 nitrogen and oxygen atoms in total. The van der Waals surface area contributed by atoms with Gasteiger partial charge in [-0.1, -0.05) is 102 Å². The highest BCUT2D eigenvalue weighted by Gasteiger charge is 2.43. The Hall–Kier alpha value is -5.73. The summed E-state index contributed by atoms with van der Waals surface area (Å²) in [5.41, 5.74) is 5.68. The maximum atomic E-state index is 14.8. The van der Waals surface area contributed by atoms with Crippen LogP contribution in [-0.4, -0.2) is 95.5 Å². The zero-order chi connectivity index (χ0) is 42.7. The molecular weight excluding hydrogens is 751 g/mol. The van der Waals surface area contributed by atoms with E-state index in [4.69, 9.17) is 9.47 Å². The zero-order valence-electron chi connectivity index (χ0n) is 35.1. The summed E-state index contributed by atoms with van der Waals surface area (Å²) >= 11 is 0. The second kappa shape index (κ2) is 20.3. The number of fused-ring (bicyclic) bond motifs is 1. The predicted octanol–water partition coefficient (Wildman–Crippen LogP) is 5.19. The van der Waals surface area contributed by atoms with E-state index in [-0.39, 0.29) is 50.5 Å². The minimum Gasteiger partial charge on any atom is -0.497 e. The Bertz CT molecular complexity index is 2020. The summed E-state index contributed by atoms with van der Waals surface area (Å²) in [6, 6.07) is 24.0. The van der Waals surface area contributed by atoms with Crippen molar-refractivity contribution < 1.29 is 33.8 Å². The SMILES string of the molecule is CCC(C)C(C(=O)NC(Cc1ccccc1)C(O)CN(Cc1ccc(OC)cc1)NC(=O)C(NC(=O)OC)C(C)(C)C)C1CNC(=O)N1Cc1ccnc2ccccc12. The molecule has 6 unspecified atom stereocenters. The van der Waals surface area contributed by atoms with Crippen molar-refractivity contribution in [2.24, 2.45) is 17.3 Å². The fraction of sp³-hybridized carbons (Fsp3) is 0.444. The summed E-state index contributed by atoms with van der Waals surface area (Å²) in [7, 11) is 2.81. The third kappa shape index (κ3) is 11.7. The van der Waals surface area contributed by atoms with Crippen LogP contribution in [-0.2, 0) is 33.8 Å². The Morgan fingerprint density at radius 3 is 2.31 bits per heavy atom. The normalized spacial score (nSPS) is 16.7.